The molecule has 0 fully saturated rings. The van der Waals surface area contributed by atoms with Crippen molar-refractivity contribution in [2.45, 2.75) is 6.04 Å². The highest BCUT2D eigenvalue weighted by Gasteiger charge is 2.19. The van der Waals surface area contributed by atoms with Crippen molar-refractivity contribution in [1.29, 1.82) is 0 Å². The van der Waals surface area contributed by atoms with Crippen LogP contribution in [0.4, 0.5) is 0 Å². The molecule has 0 unspecified atom stereocenters. The van der Waals surface area contributed by atoms with Gasteiger partial charge in [0.25, 0.3) is 5.91 Å². The molecule has 17 heavy (non-hydrogen) atoms. The highest BCUT2D eigenvalue weighted by Crippen LogP contribution is 2.12. The zero-order valence-corrected chi connectivity index (χ0v) is 9.21. The van der Waals surface area contributed by atoms with E-state index in [1.807, 2.05) is 0 Å². The van der Waals surface area contributed by atoms with Gasteiger partial charge in [0.2, 0.25) is 0 Å². The Hall–Kier alpha value is -2.08. The van der Waals surface area contributed by atoms with E-state index in [0.29, 0.717) is 5.75 Å². The van der Waals surface area contributed by atoms with Crippen LogP contribution in [0.25, 0.3) is 0 Å². The van der Waals surface area contributed by atoms with Crippen LogP contribution in [0.2, 0.25) is 0 Å². The molecule has 0 saturated heterocycles. The Morgan fingerprint density at radius 1 is 1.47 bits per heavy atom. The van der Waals surface area contributed by atoms with Crippen molar-refractivity contribution in [2.24, 2.45) is 0 Å². The zero-order valence-electron chi connectivity index (χ0n) is 9.21. The fourth-order valence-electron chi connectivity index (χ4n) is 1.19. The van der Waals surface area contributed by atoms with E-state index >= 15 is 0 Å². The first-order valence-corrected chi connectivity index (χ1v) is 4.87. The van der Waals surface area contributed by atoms with E-state index in [9.17, 15) is 9.59 Å². The number of amides is 1. The summed E-state index contributed by atoms with van der Waals surface area (Å²) in [4.78, 5) is 22.3. The number of hydrogen-bond acceptors (Lipinski definition) is 4. The number of carbonyl (C=O) groups is 2. The Labute approximate surface area is 97.8 Å². The minimum Gasteiger partial charge on any atom is -0.497 e. The molecule has 0 radical (unpaired) electrons. The molecule has 1 atom stereocenters. The van der Waals surface area contributed by atoms with Gasteiger partial charge in [-0.2, -0.15) is 0 Å². The number of aliphatic hydroxyl groups is 1. The van der Waals surface area contributed by atoms with E-state index in [1.165, 1.54) is 19.2 Å². The largest absolute Gasteiger partial charge is 0.497 e. The van der Waals surface area contributed by atoms with Crippen LogP contribution in [0, 0.1) is 0 Å². The van der Waals surface area contributed by atoms with Gasteiger partial charge in [-0.3, -0.25) is 4.79 Å². The molecule has 1 aromatic carbocycles. The molecule has 92 valence electrons. The first-order valence-electron chi connectivity index (χ1n) is 4.87. The second-order valence-corrected chi connectivity index (χ2v) is 3.28. The maximum atomic E-state index is 11.6. The Kier molecular flexibility index (Phi) is 4.47. The number of carboxylic acid groups (broad SMARTS) is 1. The fraction of sp³-hybridized carbons (Fsp3) is 0.273. The molecule has 0 saturated carbocycles. The number of carbonyl (C=O) groups excluding carboxylic acids is 1. The molecule has 1 amide bonds. The topological polar surface area (TPSA) is 95.9 Å². The normalized spacial score (nSPS) is 11.6. The van der Waals surface area contributed by atoms with E-state index in [4.69, 9.17) is 14.9 Å². The number of rotatable bonds is 5. The number of methoxy groups -OCH3 is 1. The smallest absolute Gasteiger partial charge is 0.328 e. The van der Waals surface area contributed by atoms with E-state index in [1.54, 1.807) is 12.1 Å². The standard InChI is InChI=1S/C11H13NO5/c1-17-8-4-2-3-7(5-8)10(14)12-9(6-13)11(15)16/h2-5,9,13H,6H2,1H3,(H,12,14)(H,15,16)/t9-/m0/s1. The van der Waals surface area contributed by atoms with Crippen molar-refractivity contribution < 1.29 is 24.5 Å². The van der Waals surface area contributed by atoms with Crippen molar-refractivity contribution in [2.75, 3.05) is 13.7 Å². The average Bonchev–Trinajstić information content (AvgIpc) is 2.35. The molecule has 0 aliphatic rings. The summed E-state index contributed by atoms with van der Waals surface area (Å²) in [5, 5.41) is 19.6. The molecule has 1 aromatic rings. The average molecular weight is 239 g/mol. The number of nitrogens with one attached hydrogen (secondary N) is 1. The summed E-state index contributed by atoms with van der Waals surface area (Å²) in [6, 6.07) is 4.97. The lowest BCUT2D eigenvalue weighted by atomic mass is 10.2. The molecule has 0 bridgehead atoms. The Morgan fingerprint density at radius 3 is 2.71 bits per heavy atom. The van der Waals surface area contributed by atoms with Crippen LogP contribution >= 0.6 is 0 Å². The molecule has 6 heteroatoms. The Bertz CT molecular complexity index is 418. The molecular formula is C11H13NO5. The van der Waals surface area contributed by atoms with Crippen LogP contribution in [-0.2, 0) is 4.79 Å². The van der Waals surface area contributed by atoms with Crippen LogP contribution in [0.15, 0.2) is 24.3 Å². The van der Waals surface area contributed by atoms with Crippen molar-refractivity contribution >= 4 is 11.9 Å². The molecule has 0 aliphatic carbocycles. The summed E-state index contributed by atoms with van der Waals surface area (Å²) < 4.78 is 4.94. The van der Waals surface area contributed by atoms with Gasteiger partial charge in [0, 0.05) is 5.56 Å². The second kappa shape index (κ2) is 5.86. The van der Waals surface area contributed by atoms with E-state index < -0.39 is 24.5 Å². The van der Waals surface area contributed by atoms with Gasteiger partial charge in [-0.05, 0) is 18.2 Å². The Morgan fingerprint density at radius 2 is 2.18 bits per heavy atom. The summed E-state index contributed by atoms with van der Waals surface area (Å²) >= 11 is 0. The molecule has 0 aromatic heterocycles. The molecule has 0 spiro atoms. The third-order valence-electron chi connectivity index (χ3n) is 2.12. The fourth-order valence-corrected chi connectivity index (χ4v) is 1.19. The predicted octanol–water partition coefficient (Wildman–Crippen LogP) is -0.130. The lowest BCUT2D eigenvalue weighted by Crippen LogP contribution is -2.43. The number of aliphatic hydroxyl groups excluding tert-OH is 1. The highest BCUT2D eigenvalue weighted by molar-refractivity contribution is 5.96. The van der Waals surface area contributed by atoms with E-state index in [2.05, 4.69) is 5.32 Å². The van der Waals surface area contributed by atoms with Gasteiger partial charge in [0.15, 0.2) is 6.04 Å². The first kappa shape index (κ1) is 13.0. The summed E-state index contributed by atoms with van der Waals surface area (Å²) in [5.41, 5.74) is 0.268. The Balaban J connectivity index is 2.78. The van der Waals surface area contributed by atoms with Gasteiger partial charge in [0.05, 0.1) is 13.7 Å². The molecule has 0 aliphatic heterocycles. The quantitative estimate of drug-likeness (QED) is 0.665. The molecule has 0 heterocycles. The minimum atomic E-state index is -1.31. The van der Waals surface area contributed by atoms with Gasteiger partial charge in [-0.25, -0.2) is 4.79 Å². The van der Waals surface area contributed by atoms with Gasteiger partial charge >= 0.3 is 5.97 Å². The van der Waals surface area contributed by atoms with E-state index in [0.717, 1.165) is 0 Å². The number of ether oxygens (including phenoxy) is 1. The second-order valence-electron chi connectivity index (χ2n) is 3.28. The van der Waals surface area contributed by atoms with Crippen molar-refractivity contribution in [3.05, 3.63) is 29.8 Å². The van der Waals surface area contributed by atoms with Gasteiger partial charge in [-0.15, -0.1) is 0 Å². The number of hydrogen-bond donors (Lipinski definition) is 3. The third-order valence-corrected chi connectivity index (χ3v) is 2.12. The molecule has 3 N–H and O–H groups in total. The molecule has 6 nitrogen and oxygen atoms in total. The van der Waals surface area contributed by atoms with Gasteiger partial charge in [-0.1, -0.05) is 6.07 Å². The molecular weight excluding hydrogens is 226 g/mol. The highest BCUT2D eigenvalue weighted by atomic mass is 16.5. The maximum absolute atomic E-state index is 11.6. The first-order chi connectivity index (χ1) is 8.08. The van der Waals surface area contributed by atoms with Crippen molar-refractivity contribution in [3.8, 4) is 5.75 Å². The van der Waals surface area contributed by atoms with Crippen molar-refractivity contribution in [3.63, 3.8) is 0 Å². The molecule has 1 rings (SSSR count). The maximum Gasteiger partial charge on any atom is 0.328 e. The summed E-state index contributed by atoms with van der Waals surface area (Å²) in [7, 11) is 1.46. The monoisotopic (exact) mass is 239 g/mol. The van der Waals surface area contributed by atoms with Crippen LogP contribution in [0.5, 0.6) is 5.75 Å². The van der Waals surface area contributed by atoms with Crippen molar-refractivity contribution in [1.82, 2.24) is 5.32 Å². The lowest BCUT2D eigenvalue weighted by molar-refractivity contribution is -0.140. The zero-order chi connectivity index (χ0) is 12.8. The van der Waals surface area contributed by atoms with Gasteiger partial charge < -0.3 is 20.3 Å². The van der Waals surface area contributed by atoms with Crippen LogP contribution in [0.3, 0.4) is 0 Å². The minimum absolute atomic E-state index is 0.268. The lowest BCUT2D eigenvalue weighted by Gasteiger charge is -2.11. The van der Waals surface area contributed by atoms with E-state index in [-0.39, 0.29) is 5.56 Å². The number of carboxylic acids is 1. The SMILES string of the molecule is COc1cccc(C(=O)N[C@@H](CO)C(=O)O)c1. The third kappa shape index (κ3) is 3.46. The van der Waals surface area contributed by atoms with Crippen LogP contribution in [0.1, 0.15) is 10.4 Å². The van der Waals surface area contributed by atoms with Crippen LogP contribution in [-0.4, -0.2) is 41.8 Å². The summed E-state index contributed by atoms with van der Waals surface area (Å²) in [5.74, 6) is -1.37. The number of aliphatic carboxylic acids is 1. The van der Waals surface area contributed by atoms with Crippen LogP contribution < -0.4 is 10.1 Å². The summed E-state index contributed by atoms with van der Waals surface area (Å²) in [6.07, 6.45) is 0. The summed E-state index contributed by atoms with van der Waals surface area (Å²) in [6.45, 7) is -0.662. The van der Waals surface area contributed by atoms with Gasteiger partial charge in [0.1, 0.15) is 5.75 Å². The number of benzene rings is 1. The predicted molar refractivity (Wildman–Crippen MR) is 59.0 cm³/mol.